The van der Waals surface area contributed by atoms with Crippen molar-refractivity contribution in [3.8, 4) is 0 Å². The summed E-state index contributed by atoms with van der Waals surface area (Å²) in [6, 6.07) is 1.88. The van der Waals surface area contributed by atoms with Crippen molar-refractivity contribution in [3.05, 3.63) is 29.3 Å². The highest BCUT2D eigenvalue weighted by atomic mass is 32.2. The summed E-state index contributed by atoms with van der Waals surface area (Å²) < 4.78 is 89.8. The summed E-state index contributed by atoms with van der Waals surface area (Å²) in [5, 5.41) is 0. The van der Waals surface area contributed by atoms with E-state index in [2.05, 4.69) is 0 Å². The normalized spacial score (nSPS) is 24.0. The third-order valence-electron chi connectivity index (χ3n) is 4.56. The van der Waals surface area contributed by atoms with Crippen LogP contribution in [0.3, 0.4) is 0 Å². The molecule has 0 amide bonds. The lowest BCUT2D eigenvalue weighted by molar-refractivity contribution is -0.138. The van der Waals surface area contributed by atoms with E-state index in [-0.39, 0.29) is 29.5 Å². The molecule has 0 N–H and O–H groups in total. The van der Waals surface area contributed by atoms with Gasteiger partial charge < -0.3 is 0 Å². The van der Waals surface area contributed by atoms with Crippen LogP contribution in [0.25, 0.3) is 0 Å². The molecule has 2 aliphatic rings. The van der Waals surface area contributed by atoms with Crippen LogP contribution in [-0.4, -0.2) is 44.7 Å². The molecule has 10 heteroatoms. The first kappa shape index (κ1) is 18.7. The van der Waals surface area contributed by atoms with E-state index in [0.29, 0.717) is 18.9 Å². The van der Waals surface area contributed by atoms with Gasteiger partial charge in [-0.15, -0.1) is 0 Å². The number of aryl methyl sites for hydroxylation is 1. The number of rotatable bonds is 4. The van der Waals surface area contributed by atoms with E-state index in [4.69, 9.17) is 0 Å². The van der Waals surface area contributed by atoms with Crippen LogP contribution in [0.5, 0.6) is 0 Å². The van der Waals surface area contributed by atoms with E-state index in [9.17, 15) is 30.0 Å². The van der Waals surface area contributed by atoms with Crippen LogP contribution in [0, 0.1) is 6.92 Å². The van der Waals surface area contributed by atoms with Crippen molar-refractivity contribution >= 4 is 19.9 Å². The Morgan fingerprint density at radius 1 is 1.12 bits per heavy atom. The molecule has 0 unspecified atom stereocenters. The van der Waals surface area contributed by atoms with Crippen LogP contribution < -0.4 is 0 Å². The molecule has 0 spiro atoms. The van der Waals surface area contributed by atoms with Gasteiger partial charge in [-0.1, -0.05) is 6.07 Å². The van der Waals surface area contributed by atoms with Gasteiger partial charge in [-0.05, 0) is 43.9 Å². The molecule has 1 atom stereocenters. The lowest BCUT2D eigenvalue weighted by Gasteiger charge is -2.27. The highest BCUT2D eigenvalue weighted by Crippen LogP contribution is 2.39. The van der Waals surface area contributed by atoms with Crippen molar-refractivity contribution in [2.24, 2.45) is 0 Å². The van der Waals surface area contributed by atoms with Crippen LogP contribution in [0.1, 0.15) is 30.4 Å². The van der Waals surface area contributed by atoms with Gasteiger partial charge in [0.2, 0.25) is 10.0 Å². The van der Waals surface area contributed by atoms with Gasteiger partial charge in [-0.2, -0.15) is 17.5 Å². The van der Waals surface area contributed by atoms with E-state index in [1.165, 1.54) is 6.92 Å². The van der Waals surface area contributed by atoms with Crippen LogP contribution >= 0.6 is 0 Å². The molecule has 1 heterocycles. The number of halogens is 3. The van der Waals surface area contributed by atoms with Gasteiger partial charge in [-0.25, -0.2) is 16.8 Å². The van der Waals surface area contributed by atoms with Crippen LogP contribution in [-0.2, 0) is 26.0 Å². The lowest BCUT2D eigenvalue weighted by atomic mass is 10.1. The fraction of sp³-hybridized carbons (Fsp3) is 0.600. The molecule has 0 radical (unpaired) electrons. The second kappa shape index (κ2) is 5.95. The quantitative estimate of drug-likeness (QED) is 0.782. The van der Waals surface area contributed by atoms with Gasteiger partial charge in [0.05, 0.1) is 22.0 Å². The molecule has 25 heavy (non-hydrogen) atoms. The highest BCUT2D eigenvalue weighted by molar-refractivity contribution is 7.92. The first-order chi connectivity index (χ1) is 11.4. The maximum Gasteiger partial charge on any atom is 0.416 e. The Morgan fingerprint density at radius 2 is 1.76 bits per heavy atom. The fourth-order valence-corrected chi connectivity index (χ4v) is 6.92. The zero-order chi connectivity index (χ0) is 18.6. The fourth-order valence-electron chi connectivity index (χ4n) is 3.18. The number of sulfone groups is 1. The molecular weight excluding hydrogens is 379 g/mol. The number of hydrogen-bond acceptors (Lipinski definition) is 4. The van der Waals surface area contributed by atoms with Crippen LogP contribution in [0.15, 0.2) is 23.1 Å². The summed E-state index contributed by atoms with van der Waals surface area (Å²) in [7, 11) is -7.52. The molecule has 1 aliphatic carbocycles. The summed E-state index contributed by atoms with van der Waals surface area (Å²) in [6.45, 7) is 1.27. The van der Waals surface area contributed by atoms with E-state index < -0.39 is 42.5 Å². The molecule has 5 nitrogen and oxygen atoms in total. The highest BCUT2D eigenvalue weighted by Gasteiger charge is 2.46. The molecule has 0 bridgehead atoms. The summed E-state index contributed by atoms with van der Waals surface area (Å²) in [5.41, 5.74) is -1.06. The second-order valence-corrected chi connectivity index (χ2v) is 10.7. The SMILES string of the molecule is Cc1ccc(S(=O)(=O)N(C2CC2)[C@H]2CCS(=O)(=O)C2)cc1C(F)(F)F. The van der Waals surface area contributed by atoms with E-state index in [1.807, 2.05) is 0 Å². The Bertz CT molecular complexity index is 890. The van der Waals surface area contributed by atoms with Gasteiger partial charge >= 0.3 is 6.18 Å². The van der Waals surface area contributed by atoms with Gasteiger partial charge in [-0.3, -0.25) is 0 Å². The minimum Gasteiger partial charge on any atom is -0.229 e. The first-order valence-corrected chi connectivity index (χ1v) is 11.1. The largest absolute Gasteiger partial charge is 0.416 e. The molecular formula is C15H18F3NO4S2. The molecule has 140 valence electrons. The summed E-state index contributed by atoms with van der Waals surface area (Å²) in [5.74, 6) is -0.376. The van der Waals surface area contributed by atoms with Crippen LogP contribution in [0.2, 0.25) is 0 Å². The second-order valence-electron chi connectivity index (χ2n) is 6.60. The molecule has 1 saturated carbocycles. The zero-order valence-electron chi connectivity index (χ0n) is 13.5. The Labute approximate surface area is 144 Å². The summed E-state index contributed by atoms with van der Waals surface area (Å²) in [4.78, 5) is -0.443. The minimum atomic E-state index is -4.66. The lowest BCUT2D eigenvalue weighted by Crippen LogP contribution is -2.42. The number of benzene rings is 1. The van der Waals surface area contributed by atoms with E-state index >= 15 is 0 Å². The van der Waals surface area contributed by atoms with Gasteiger partial charge in [0, 0.05) is 12.1 Å². The number of sulfonamides is 1. The van der Waals surface area contributed by atoms with Crippen molar-refractivity contribution in [1.29, 1.82) is 0 Å². The van der Waals surface area contributed by atoms with Gasteiger partial charge in [0.15, 0.2) is 9.84 Å². The third kappa shape index (κ3) is 3.70. The monoisotopic (exact) mass is 397 g/mol. The topological polar surface area (TPSA) is 71.5 Å². The van der Waals surface area contributed by atoms with Gasteiger partial charge in [0.25, 0.3) is 0 Å². The molecule has 1 aromatic carbocycles. The average Bonchev–Trinajstić information content (AvgIpc) is 3.21. The average molecular weight is 397 g/mol. The van der Waals surface area contributed by atoms with Gasteiger partial charge in [0.1, 0.15) is 0 Å². The Hall–Kier alpha value is -1.13. The standard InChI is InChI=1S/C15H18F3NO4S2/c1-10-2-5-13(8-14(10)15(16,17)18)25(22,23)19(11-3-4-11)12-6-7-24(20,21)9-12/h2,5,8,11-12H,3-4,6-7,9H2,1H3/t12-/m0/s1. The minimum absolute atomic E-state index is 0.0622. The van der Waals surface area contributed by atoms with E-state index in [0.717, 1.165) is 16.4 Å². The Balaban J connectivity index is 2.02. The molecule has 1 saturated heterocycles. The molecule has 0 aromatic heterocycles. The smallest absolute Gasteiger partial charge is 0.229 e. The molecule has 2 fully saturated rings. The zero-order valence-corrected chi connectivity index (χ0v) is 15.1. The van der Waals surface area contributed by atoms with Crippen LogP contribution in [0.4, 0.5) is 13.2 Å². The predicted molar refractivity (Wildman–Crippen MR) is 85.3 cm³/mol. The van der Waals surface area contributed by atoms with Crippen molar-refractivity contribution in [1.82, 2.24) is 4.31 Å². The van der Waals surface area contributed by atoms with E-state index in [1.54, 1.807) is 0 Å². The third-order valence-corrected chi connectivity index (χ3v) is 8.32. The van der Waals surface area contributed by atoms with Crippen molar-refractivity contribution in [2.45, 2.75) is 49.3 Å². The first-order valence-electron chi connectivity index (χ1n) is 7.84. The van der Waals surface area contributed by atoms with Crippen molar-refractivity contribution < 1.29 is 30.0 Å². The number of hydrogen-bond donors (Lipinski definition) is 0. The summed E-state index contributed by atoms with van der Waals surface area (Å²) >= 11 is 0. The Kier molecular flexibility index (Phi) is 4.44. The maximum absolute atomic E-state index is 13.1. The number of alkyl halides is 3. The predicted octanol–water partition coefficient (Wildman–Crippen LogP) is 2.35. The molecule has 1 aromatic rings. The van der Waals surface area contributed by atoms with Crippen molar-refractivity contribution in [2.75, 3.05) is 11.5 Å². The molecule has 3 rings (SSSR count). The summed E-state index contributed by atoms with van der Waals surface area (Å²) in [6.07, 6.45) is -3.30. The van der Waals surface area contributed by atoms with Crippen molar-refractivity contribution in [3.63, 3.8) is 0 Å². The molecule has 1 aliphatic heterocycles. The Morgan fingerprint density at radius 3 is 2.24 bits per heavy atom. The number of nitrogens with zero attached hydrogens (tertiary/aromatic N) is 1. The maximum atomic E-state index is 13.1.